The molecule has 28 heavy (non-hydrogen) atoms. The van der Waals surface area contributed by atoms with E-state index in [1.54, 1.807) is 41.9 Å². The van der Waals surface area contributed by atoms with Gasteiger partial charge in [0.15, 0.2) is 0 Å². The van der Waals surface area contributed by atoms with E-state index in [9.17, 15) is 4.79 Å². The molecule has 4 rings (SSSR count). The third-order valence-corrected chi connectivity index (χ3v) is 4.92. The Hall–Kier alpha value is -2.96. The maximum atomic E-state index is 12.7. The minimum atomic E-state index is -0.240. The fraction of sp³-hybridized carbons (Fsp3) is 0.100. The van der Waals surface area contributed by atoms with Crippen molar-refractivity contribution in [2.24, 2.45) is 5.10 Å². The van der Waals surface area contributed by atoms with Gasteiger partial charge in [-0.15, -0.1) is 0 Å². The van der Waals surface area contributed by atoms with E-state index in [1.807, 2.05) is 25.1 Å². The predicted octanol–water partition coefficient (Wildman–Crippen LogP) is 4.39. The summed E-state index contributed by atoms with van der Waals surface area (Å²) >= 11 is 12.6. The molecule has 2 heterocycles. The number of rotatable bonds is 3. The third-order valence-electron chi connectivity index (χ3n) is 4.32. The molecule has 0 N–H and O–H groups in total. The SMILES string of the molecule is Cc1nn(-c2cccc(Cl)c2)c(Cl)c1/C=N\n1c(C)nc2ccccc2c1=O. The van der Waals surface area contributed by atoms with Gasteiger partial charge in [-0.2, -0.15) is 14.9 Å². The summed E-state index contributed by atoms with van der Waals surface area (Å²) in [6.45, 7) is 3.55. The molecule has 0 fully saturated rings. The van der Waals surface area contributed by atoms with Gasteiger partial charge in [-0.3, -0.25) is 4.79 Å². The highest BCUT2D eigenvalue weighted by molar-refractivity contribution is 6.32. The monoisotopic (exact) mass is 411 g/mol. The first-order valence-corrected chi connectivity index (χ1v) is 9.25. The number of nitrogens with zero attached hydrogens (tertiary/aromatic N) is 5. The van der Waals surface area contributed by atoms with Crippen LogP contribution in [0.1, 0.15) is 17.1 Å². The lowest BCUT2D eigenvalue weighted by molar-refractivity contribution is 0.771. The second-order valence-corrected chi connectivity index (χ2v) is 7.01. The molecular weight excluding hydrogens is 397 g/mol. The van der Waals surface area contributed by atoms with Crippen molar-refractivity contribution >= 4 is 40.3 Å². The summed E-state index contributed by atoms with van der Waals surface area (Å²) in [5.74, 6) is 0.482. The quantitative estimate of drug-likeness (QED) is 0.469. The normalized spacial score (nSPS) is 11.6. The molecule has 2 aromatic carbocycles. The average Bonchev–Trinajstić information content (AvgIpc) is 2.96. The van der Waals surface area contributed by atoms with Gasteiger partial charge in [0.25, 0.3) is 5.56 Å². The van der Waals surface area contributed by atoms with Gasteiger partial charge in [-0.05, 0) is 44.2 Å². The van der Waals surface area contributed by atoms with Gasteiger partial charge >= 0.3 is 0 Å². The standard InChI is InChI=1S/C20H15Cl2N5O/c1-12-17(19(22)27(25-12)15-7-5-6-14(21)10-15)11-23-26-13(2)24-18-9-4-3-8-16(18)20(26)28/h3-11H,1-2H3/b23-11-. The smallest absolute Gasteiger partial charge is 0.267 e. The molecule has 0 saturated carbocycles. The molecule has 0 bridgehead atoms. The summed E-state index contributed by atoms with van der Waals surface area (Å²) in [6.07, 6.45) is 1.52. The van der Waals surface area contributed by atoms with E-state index in [1.165, 1.54) is 10.9 Å². The zero-order chi connectivity index (χ0) is 19.8. The van der Waals surface area contributed by atoms with Crippen LogP contribution in [0.2, 0.25) is 10.2 Å². The highest BCUT2D eigenvalue weighted by Gasteiger charge is 2.14. The van der Waals surface area contributed by atoms with Crippen molar-refractivity contribution < 1.29 is 0 Å². The van der Waals surface area contributed by atoms with Crippen LogP contribution in [0, 0.1) is 13.8 Å². The lowest BCUT2D eigenvalue weighted by atomic mass is 10.2. The van der Waals surface area contributed by atoms with Crippen LogP contribution >= 0.6 is 23.2 Å². The van der Waals surface area contributed by atoms with E-state index in [4.69, 9.17) is 23.2 Å². The maximum absolute atomic E-state index is 12.7. The Balaban J connectivity index is 1.79. The molecule has 0 amide bonds. The molecule has 0 atom stereocenters. The number of aryl methyl sites for hydroxylation is 2. The van der Waals surface area contributed by atoms with Gasteiger partial charge in [0.2, 0.25) is 0 Å². The second kappa shape index (κ2) is 7.22. The molecule has 0 spiro atoms. The molecule has 2 aromatic heterocycles. The number of fused-ring (bicyclic) bond motifs is 1. The van der Waals surface area contributed by atoms with Crippen molar-refractivity contribution in [2.75, 3.05) is 0 Å². The first kappa shape index (κ1) is 18.4. The van der Waals surface area contributed by atoms with E-state index in [2.05, 4.69) is 15.2 Å². The first-order chi connectivity index (χ1) is 13.5. The van der Waals surface area contributed by atoms with Crippen molar-refractivity contribution in [2.45, 2.75) is 13.8 Å². The van der Waals surface area contributed by atoms with Crippen LogP contribution in [0.25, 0.3) is 16.6 Å². The van der Waals surface area contributed by atoms with Crippen molar-refractivity contribution in [3.8, 4) is 5.69 Å². The van der Waals surface area contributed by atoms with E-state index in [0.29, 0.717) is 38.2 Å². The maximum Gasteiger partial charge on any atom is 0.282 e. The Morgan fingerprint density at radius 2 is 1.86 bits per heavy atom. The van der Waals surface area contributed by atoms with E-state index in [0.717, 1.165) is 5.69 Å². The van der Waals surface area contributed by atoms with Gasteiger partial charge < -0.3 is 0 Å². The predicted molar refractivity (Wildman–Crippen MR) is 112 cm³/mol. The summed E-state index contributed by atoms with van der Waals surface area (Å²) in [5, 5.41) is 10.2. The first-order valence-electron chi connectivity index (χ1n) is 8.49. The summed E-state index contributed by atoms with van der Waals surface area (Å²) in [7, 11) is 0. The van der Waals surface area contributed by atoms with Crippen LogP contribution in [0.15, 0.2) is 58.4 Å². The van der Waals surface area contributed by atoms with Gasteiger partial charge in [0, 0.05) is 5.02 Å². The Labute approximate surface area is 170 Å². The fourth-order valence-electron chi connectivity index (χ4n) is 2.92. The van der Waals surface area contributed by atoms with Crippen molar-refractivity contribution in [3.63, 3.8) is 0 Å². The topological polar surface area (TPSA) is 65.1 Å². The van der Waals surface area contributed by atoms with Crippen LogP contribution < -0.4 is 5.56 Å². The Morgan fingerprint density at radius 1 is 1.07 bits per heavy atom. The highest BCUT2D eigenvalue weighted by atomic mass is 35.5. The summed E-state index contributed by atoms with van der Waals surface area (Å²) in [4.78, 5) is 17.2. The molecule has 8 heteroatoms. The Kier molecular flexibility index (Phi) is 4.75. The Morgan fingerprint density at radius 3 is 2.64 bits per heavy atom. The molecule has 0 aliphatic carbocycles. The van der Waals surface area contributed by atoms with Crippen LogP contribution in [-0.2, 0) is 0 Å². The molecule has 0 radical (unpaired) electrons. The molecular formula is C20H15Cl2N5O. The van der Waals surface area contributed by atoms with Crippen LogP contribution in [0.4, 0.5) is 0 Å². The summed E-state index contributed by atoms with van der Waals surface area (Å²) < 4.78 is 2.84. The number of aromatic nitrogens is 4. The Bertz CT molecular complexity index is 1290. The van der Waals surface area contributed by atoms with Crippen molar-refractivity contribution in [1.82, 2.24) is 19.4 Å². The molecule has 0 unspecified atom stereocenters. The van der Waals surface area contributed by atoms with Gasteiger partial charge in [-0.25, -0.2) is 9.67 Å². The summed E-state index contributed by atoms with van der Waals surface area (Å²) in [6, 6.07) is 14.4. The largest absolute Gasteiger partial charge is 0.282 e. The number of hydrogen-bond donors (Lipinski definition) is 0. The van der Waals surface area contributed by atoms with Gasteiger partial charge in [0.1, 0.15) is 11.0 Å². The van der Waals surface area contributed by atoms with Crippen molar-refractivity contribution in [1.29, 1.82) is 0 Å². The molecule has 0 saturated heterocycles. The lowest BCUT2D eigenvalue weighted by Crippen LogP contribution is -2.20. The third kappa shape index (κ3) is 3.21. The van der Waals surface area contributed by atoms with E-state index < -0.39 is 0 Å². The number of hydrogen-bond acceptors (Lipinski definition) is 4. The second-order valence-electron chi connectivity index (χ2n) is 6.22. The number of halogens is 2. The average molecular weight is 412 g/mol. The minimum absolute atomic E-state index is 0.240. The van der Waals surface area contributed by atoms with Crippen molar-refractivity contribution in [3.05, 3.63) is 86.1 Å². The van der Waals surface area contributed by atoms with E-state index in [-0.39, 0.29) is 5.56 Å². The number of benzene rings is 2. The molecule has 4 aromatic rings. The lowest BCUT2D eigenvalue weighted by Gasteiger charge is -2.05. The van der Waals surface area contributed by atoms with Crippen LogP contribution in [-0.4, -0.2) is 25.7 Å². The number of para-hydroxylation sites is 1. The molecule has 0 aliphatic heterocycles. The van der Waals surface area contributed by atoms with Gasteiger partial charge in [0.05, 0.1) is 34.1 Å². The minimum Gasteiger partial charge on any atom is -0.267 e. The molecule has 6 nitrogen and oxygen atoms in total. The van der Waals surface area contributed by atoms with E-state index >= 15 is 0 Å². The molecule has 140 valence electrons. The fourth-order valence-corrected chi connectivity index (χ4v) is 3.43. The highest BCUT2D eigenvalue weighted by Crippen LogP contribution is 2.23. The summed E-state index contributed by atoms with van der Waals surface area (Å²) in [5.41, 5.74) is 2.42. The van der Waals surface area contributed by atoms with Crippen LogP contribution in [0.3, 0.4) is 0 Å². The van der Waals surface area contributed by atoms with Crippen LogP contribution in [0.5, 0.6) is 0 Å². The zero-order valence-electron chi connectivity index (χ0n) is 15.1. The molecule has 0 aliphatic rings. The zero-order valence-corrected chi connectivity index (χ0v) is 16.6. The van der Waals surface area contributed by atoms with Gasteiger partial charge in [-0.1, -0.05) is 41.4 Å².